The molecule has 1 aromatic carbocycles. The van der Waals surface area contributed by atoms with Crippen LogP contribution in [0.25, 0.3) is 0 Å². The molecule has 2 unspecified atom stereocenters. The highest BCUT2D eigenvalue weighted by atomic mass is 16.5. The maximum Gasteiger partial charge on any atom is 0.407 e. The molecule has 0 saturated carbocycles. The van der Waals surface area contributed by atoms with Crippen LogP contribution in [0, 0.1) is 5.92 Å². The van der Waals surface area contributed by atoms with Gasteiger partial charge < -0.3 is 30.7 Å². The zero-order valence-electron chi connectivity index (χ0n) is 19.4. The van der Waals surface area contributed by atoms with E-state index in [2.05, 4.69) is 16.0 Å². The number of likely N-dealkylation sites (tertiary alicyclic amines) is 1. The Bertz CT molecular complexity index is 875. The van der Waals surface area contributed by atoms with Crippen molar-refractivity contribution < 1.29 is 33.8 Å². The number of carboxylic acids is 1. The van der Waals surface area contributed by atoms with Gasteiger partial charge in [0.2, 0.25) is 17.7 Å². The molecule has 1 saturated heterocycles. The number of carboxylic acid groups (broad SMARTS) is 1. The minimum absolute atomic E-state index is 0.0632. The molecule has 1 heterocycles. The number of hydrogen-bond donors (Lipinski definition) is 4. The Hall–Kier alpha value is -3.63. The molecule has 4 amide bonds. The average Bonchev–Trinajstić information content (AvgIpc) is 3.29. The van der Waals surface area contributed by atoms with Crippen LogP contribution in [0.5, 0.6) is 0 Å². The number of benzene rings is 1. The molecule has 1 aliphatic heterocycles. The summed E-state index contributed by atoms with van der Waals surface area (Å²) in [7, 11) is 0. The van der Waals surface area contributed by atoms with Crippen LogP contribution in [0.3, 0.4) is 0 Å². The molecule has 1 aromatic rings. The second-order valence-electron chi connectivity index (χ2n) is 8.46. The van der Waals surface area contributed by atoms with Crippen LogP contribution in [0.1, 0.15) is 38.7 Å². The summed E-state index contributed by atoms with van der Waals surface area (Å²) in [6.45, 7) is 3.28. The van der Waals surface area contributed by atoms with Gasteiger partial charge in [-0.1, -0.05) is 44.2 Å². The number of ether oxygens (including phenoxy) is 1. The average molecular weight is 477 g/mol. The van der Waals surface area contributed by atoms with Crippen molar-refractivity contribution in [1.29, 1.82) is 0 Å². The number of carbonyl (C=O) groups excluding carboxylic acids is 4. The number of nitrogens with zero attached hydrogens (tertiary/aromatic N) is 1. The second kappa shape index (κ2) is 13.2. The monoisotopic (exact) mass is 476 g/mol. The molecule has 0 radical (unpaired) electrons. The number of rotatable bonds is 11. The molecule has 1 fully saturated rings. The SMILES string of the molecule is CC(C)CC(NC(=O)C1CCCN1C(=O)CNC(=O)OCc1ccccc1)C(=O)NCC(=O)O. The molecule has 4 N–H and O–H groups in total. The Morgan fingerprint density at radius 3 is 2.44 bits per heavy atom. The van der Waals surface area contributed by atoms with Gasteiger partial charge in [0.05, 0.1) is 0 Å². The van der Waals surface area contributed by atoms with E-state index >= 15 is 0 Å². The van der Waals surface area contributed by atoms with Crippen molar-refractivity contribution in [3.8, 4) is 0 Å². The third kappa shape index (κ3) is 8.72. The molecule has 186 valence electrons. The highest BCUT2D eigenvalue weighted by molar-refractivity contribution is 5.93. The Morgan fingerprint density at radius 1 is 1.09 bits per heavy atom. The summed E-state index contributed by atoms with van der Waals surface area (Å²) in [6.07, 6.45) is 0.584. The van der Waals surface area contributed by atoms with Crippen molar-refractivity contribution in [2.45, 2.75) is 51.8 Å². The molecule has 34 heavy (non-hydrogen) atoms. The van der Waals surface area contributed by atoms with Gasteiger partial charge in [0.15, 0.2) is 0 Å². The van der Waals surface area contributed by atoms with E-state index in [1.807, 2.05) is 32.0 Å². The van der Waals surface area contributed by atoms with Gasteiger partial charge in [-0.3, -0.25) is 19.2 Å². The number of amides is 4. The first-order valence-electron chi connectivity index (χ1n) is 11.2. The lowest BCUT2D eigenvalue weighted by Crippen LogP contribution is -2.54. The van der Waals surface area contributed by atoms with Gasteiger partial charge in [-0.15, -0.1) is 0 Å². The van der Waals surface area contributed by atoms with Crippen LogP contribution in [-0.2, 0) is 30.5 Å². The standard InChI is InChI=1S/C23H32N4O7/c1-15(2)11-17(21(31)24-13-20(29)30)26-22(32)18-9-6-10-27(18)19(28)12-25-23(33)34-14-16-7-4-3-5-8-16/h3-5,7-8,15,17-18H,6,9-14H2,1-2H3,(H,24,31)(H,25,33)(H,26,32)(H,29,30). The van der Waals surface area contributed by atoms with Crippen LogP contribution in [0.15, 0.2) is 30.3 Å². The van der Waals surface area contributed by atoms with Crippen LogP contribution in [-0.4, -0.2) is 71.5 Å². The summed E-state index contributed by atoms with van der Waals surface area (Å²) in [5, 5.41) is 16.1. The van der Waals surface area contributed by atoms with E-state index in [1.165, 1.54) is 4.90 Å². The number of hydrogen-bond acceptors (Lipinski definition) is 6. The molecule has 0 aliphatic carbocycles. The summed E-state index contributed by atoms with van der Waals surface area (Å²) in [5.41, 5.74) is 0.809. The minimum atomic E-state index is -1.19. The predicted octanol–water partition coefficient (Wildman–Crippen LogP) is 0.636. The lowest BCUT2D eigenvalue weighted by Gasteiger charge is -2.27. The first-order chi connectivity index (χ1) is 16.2. The van der Waals surface area contributed by atoms with Gasteiger partial charge in [-0.2, -0.15) is 0 Å². The van der Waals surface area contributed by atoms with Gasteiger partial charge in [0, 0.05) is 6.54 Å². The number of alkyl carbamates (subject to hydrolysis) is 1. The largest absolute Gasteiger partial charge is 0.480 e. The van der Waals surface area contributed by atoms with E-state index < -0.39 is 48.4 Å². The molecule has 0 bridgehead atoms. The van der Waals surface area contributed by atoms with Crippen LogP contribution < -0.4 is 16.0 Å². The topological polar surface area (TPSA) is 154 Å². The lowest BCUT2D eigenvalue weighted by atomic mass is 10.0. The van der Waals surface area contributed by atoms with Crippen molar-refractivity contribution in [2.75, 3.05) is 19.6 Å². The summed E-state index contributed by atoms with van der Waals surface area (Å²) in [4.78, 5) is 61.9. The first kappa shape index (κ1) is 26.6. The maximum atomic E-state index is 12.9. The highest BCUT2D eigenvalue weighted by Crippen LogP contribution is 2.18. The van der Waals surface area contributed by atoms with E-state index in [4.69, 9.17) is 9.84 Å². The third-order valence-corrected chi connectivity index (χ3v) is 5.23. The molecule has 0 spiro atoms. The van der Waals surface area contributed by atoms with E-state index in [0.717, 1.165) is 5.56 Å². The fourth-order valence-corrected chi connectivity index (χ4v) is 3.62. The normalized spacial score (nSPS) is 16.0. The molecule has 11 nitrogen and oxygen atoms in total. The molecule has 2 rings (SSSR count). The zero-order chi connectivity index (χ0) is 25.1. The molecule has 11 heteroatoms. The molecule has 2 atom stereocenters. The van der Waals surface area contributed by atoms with Gasteiger partial charge in [-0.25, -0.2) is 4.79 Å². The van der Waals surface area contributed by atoms with Crippen LogP contribution >= 0.6 is 0 Å². The minimum Gasteiger partial charge on any atom is -0.480 e. The lowest BCUT2D eigenvalue weighted by molar-refractivity contribution is -0.140. The number of aliphatic carboxylic acids is 1. The van der Waals surface area contributed by atoms with Gasteiger partial charge in [-0.05, 0) is 30.7 Å². The number of carbonyl (C=O) groups is 5. The second-order valence-corrected chi connectivity index (χ2v) is 8.46. The van der Waals surface area contributed by atoms with Crippen molar-refractivity contribution in [3.05, 3.63) is 35.9 Å². The van der Waals surface area contributed by atoms with E-state index in [1.54, 1.807) is 12.1 Å². The zero-order valence-corrected chi connectivity index (χ0v) is 19.4. The third-order valence-electron chi connectivity index (χ3n) is 5.23. The summed E-state index contributed by atoms with van der Waals surface area (Å²) in [5.74, 6) is -2.65. The van der Waals surface area contributed by atoms with Gasteiger partial charge in [0.25, 0.3) is 0 Å². The summed E-state index contributed by atoms with van der Waals surface area (Å²) >= 11 is 0. The molecule has 0 aromatic heterocycles. The fourth-order valence-electron chi connectivity index (χ4n) is 3.62. The molecular weight excluding hydrogens is 444 g/mol. The van der Waals surface area contributed by atoms with Gasteiger partial charge in [0.1, 0.15) is 31.8 Å². The number of nitrogens with one attached hydrogen (secondary N) is 3. The van der Waals surface area contributed by atoms with E-state index in [0.29, 0.717) is 25.8 Å². The Kier molecular flexibility index (Phi) is 10.3. The highest BCUT2D eigenvalue weighted by Gasteiger charge is 2.36. The fraction of sp³-hybridized carbons (Fsp3) is 0.522. The van der Waals surface area contributed by atoms with E-state index in [9.17, 15) is 24.0 Å². The van der Waals surface area contributed by atoms with Crippen molar-refractivity contribution in [1.82, 2.24) is 20.9 Å². The van der Waals surface area contributed by atoms with Crippen LogP contribution in [0.2, 0.25) is 0 Å². The Balaban J connectivity index is 1.88. The van der Waals surface area contributed by atoms with Crippen molar-refractivity contribution in [2.24, 2.45) is 5.92 Å². The van der Waals surface area contributed by atoms with E-state index in [-0.39, 0.29) is 19.1 Å². The summed E-state index contributed by atoms with van der Waals surface area (Å²) < 4.78 is 5.08. The van der Waals surface area contributed by atoms with Crippen molar-refractivity contribution in [3.63, 3.8) is 0 Å². The molecule has 1 aliphatic rings. The Morgan fingerprint density at radius 2 is 1.79 bits per heavy atom. The predicted molar refractivity (Wildman–Crippen MR) is 121 cm³/mol. The Labute approximate surface area is 198 Å². The summed E-state index contributed by atoms with van der Waals surface area (Å²) in [6, 6.07) is 7.39. The van der Waals surface area contributed by atoms with Gasteiger partial charge >= 0.3 is 12.1 Å². The van der Waals surface area contributed by atoms with Crippen LogP contribution in [0.4, 0.5) is 4.79 Å². The van der Waals surface area contributed by atoms with Crippen molar-refractivity contribution >= 4 is 29.8 Å². The maximum absolute atomic E-state index is 12.9. The first-order valence-corrected chi connectivity index (χ1v) is 11.2. The molecular formula is C23H32N4O7. The quantitative estimate of drug-likeness (QED) is 0.365. The smallest absolute Gasteiger partial charge is 0.407 e.